The summed E-state index contributed by atoms with van der Waals surface area (Å²) in [7, 11) is 0. The Morgan fingerprint density at radius 3 is 2.57 bits per heavy atom. The van der Waals surface area contributed by atoms with Gasteiger partial charge in [-0.3, -0.25) is 4.79 Å². The van der Waals surface area contributed by atoms with E-state index in [1.54, 1.807) is 6.92 Å². The lowest BCUT2D eigenvalue weighted by molar-refractivity contribution is -0.116. The van der Waals surface area contributed by atoms with Crippen LogP contribution in [0, 0.1) is 6.92 Å². The number of benzene rings is 2. The number of aryl methyl sites for hydroxylation is 1. The molecule has 160 valence electrons. The van der Waals surface area contributed by atoms with Crippen LogP contribution in [0.3, 0.4) is 0 Å². The molecule has 5 heteroatoms. The Bertz CT molecular complexity index is 934. The monoisotopic (exact) mass is 408 g/mol. The number of nitrogens with zero attached hydrogens (tertiary/aromatic N) is 2. The molecule has 4 rings (SSSR count). The minimum Gasteiger partial charge on any atom is -0.387 e. The quantitative estimate of drug-likeness (QED) is 0.815. The van der Waals surface area contributed by atoms with Gasteiger partial charge < -0.3 is 20.0 Å². The number of β-amino-alcohol motifs (C(OH)–C–C–N with tert-alkyl or cyclic N) is 1. The van der Waals surface area contributed by atoms with Crippen molar-refractivity contribution in [1.82, 2.24) is 4.90 Å². The lowest BCUT2D eigenvalue weighted by atomic mass is 9.82. The summed E-state index contributed by atoms with van der Waals surface area (Å²) in [6.45, 7) is 7.76. The summed E-state index contributed by atoms with van der Waals surface area (Å²) in [5.74, 6) is 0.0593. The first-order valence-electron chi connectivity index (χ1n) is 10.9. The highest BCUT2D eigenvalue weighted by Crippen LogP contribution is 2.36. The molecule has 2 aliphatic rings. The summed E-state index contributed by atoms with van der Waals surface area (Å²) in [4.78, 5) is 16.0. The molecule has 1 amide bonds. The smallest absolute Gasteiger partial charge is 0.224 e. The average Bonchev–Trinajstić information content (AvgIpc) is 3.05. The second-order valence-corrected chi connectivity index (χ2v) is 8.99. The SMILES string of the molecule is CC(=O)N1c2ccc([C@@H](O)CN3CCC(O)(c4ccccc4C)CC3)cc2C[C@H]1C. The van der Waals surface area contributed by atoms with Gasteiger partial charge in [-0.15, -0.1) is 0 Å². The van der Waals surface area contributed by atoms with Crippen LogP contribution < -0.4 is 4.90 Å². The summed E-state index contributed by atoms with van der Waals surface area (Å²) in [6, 6.07) is 14.2. The molecule has 0 spiro atoms. The third-order valence-corrected chi connectivity index (χ3v) is 6.80. The molecule has 2 atom stereocenters. The number of hydrogen-bond donors (Lipinski definition) is 2. The maximum Gasteiger partial charge on any atom is 0.224 e. The largest absolute Gasteiger partial charge is 0.387 e. The number of rotatable bonds is 4. The number of carbonyl (C=O) groups excluding carboxylic acids is 1. The predicted octanol–water partition coefficient (Wildman–Crippen LogP) is 3.31. The maximum atomic E-state index is 11.9. The van der Waals surface area contributed by atoms with Crippen LogP contribution in [0.5, 0.6) is 0 Å². The van der Waals surface area contributed by atoms with Crippen molar-refractivity contribution in [3.63, 3.8) is 0 Å². The van der Waals surface area contributed by atoms with Crippen molar-refractivity contribution in [2.75, 3.05) is 24.5 Å². The molecular weight excluding hydrogens is 376 g/mol. The van der Waals surface area contributed by atoms with E-state index >= 15 is 0 Å². The van der Waals surface area contributed by atoms with Crippen LogP contribution in [0.1, 0.15) is 55.0 Å². The minimum absolute atomic E-state index is 0.0593. The molecule has 1 saturated heterocycles. The average molecular weight is 409 g/mol. The Hall–Kier alpha value is -2.21. The zero-order valence-electron chi connectivity index (χ0n) is 18.1. The van der Waals surface area contributed by atoms with Crippen molar-refractivity contribution >= 4 is 11.6 Å². The Kier molecular flexibility index (Phi) is 5.71. The van der Waals surface area contributed by atoms with Crippen molar-refractivity contribution in [3.8, 4) is 0 Å². The molecule has 0 saturated carbocycles. The van der Waals surface area contributed by atoms with Crippen molar-refractivity contribution in [2.24, 2.45) is 0 Å². The second-order valence-electron chi connectivity index (χ2n) is 8.99. The fourth-order valence-corrected chi connectivity index (χ4v) is 5.16. The molecule has 2 heterocycles. The summed E-state index contributed by atoms with van der Waals surface area (Å²) >= 11 is 0. The molecule has 0 bridgehead atoms. The molecule has 5 nitrogen and oxygen atoms in total. The summed E-state index contributed by atoms with van der Waals surface area (Å²) < 4.78 is 0. The van der Waals surface area contributed by atoms with E-state index in [9.17, 15) is 15.0 Å². The number of hydrogen-bond acceptors (Lipinski definition) is 4. The molecule has 0 aliphatic carbocycles. The van der Waals surface area contributed by atoms with Crippen molar-refractivity contribution in [2.45, 2.75) is 57.8 Å². The molecule has 30 heavy (non-hydrogen) atoms. The van der Waals surface area contributed by atoms with Gasteiger partial charge in [-0.25, -0.2) is 0 Å². The third kappa shape index (κ3) is 3.89. The van der Waals surface area contributed by atoms with Gasteiger partial charge in [0.1, 0.15) is 0 Å². The maximum absolute atomic E-state index is 11.9. The van der Waals surface area contributed by atoms with Crippen LogP contribution in [0.2, 0.25) is 0 Å². The molecule has 2 aliphatic heterocycles. The number of aliphatic hydroxyl groups is 2. The molecule has 2 N–H and O–H groups in total. The molecule has 2 aromatic carbocycles. The Morgan fingerprint density at radius 2 is 1.90 bits per heavy atom. The van der Waals surface area contributed by atoms with Crippen LogP contribution in [0.4, 0.5) is 5.69 Å². The van der Waals surface area contributed by atoms with Gasteiger partial charge in [0.2, 0.25) is 5.91 Å². The predicted molar refractivity (Wildman–Crippen MR) is 118 cm³/mol. The van der Waals surface area contributed by atoms with E-state index in [2.05, 4.69) is 11.8 Å². The first kappa shape index (κ1) is 21.0. The fraction of sp³-hybridized carbons (Fsp3) is 0.480. The molecular formula is C25H32N2O3. The van der Waals surface area contributed by atoms with Crippen LogP contribution in [-0.4, -0.2) is 46.7 Å². The van der Waals surface area contributed by atoms with Gasteiger partial charge in [0.05, 0.1) is 11.7 Å². The van der Waals surface area contributed by atoms with Gasteiger partial charge in [-0.1, -0.05) is 36.4 Å². The summed E-state index contributed by atoms with van der Waals surface area (Å²) in [6.07, 6.45) is 1.57. The van der Waals surface area contributed by atoms with Crippen molar-refractivity contribution < 1.29 is 15.0 Å². The van der Waals surface area contributed by atoms with Gasteiger partial charge in [-0.2, -0.15) is 0 Å². The molecule has 2 aromatic rings. The van der Waals surface area contributed by atoms with Gasteiger partial charge in [0, 0.05) is 38.3 Å². The minimum atomic E-state index is -0.785. The Balaban J connectivity index is 1.40. The van der Waals surface area contributed by atoms with E-state index in [1.807, 2.05) is 54.3 Å². The van der Waals surface area contributed by atoms with Gasteiger partial charge >= 0.3 is 0 Å². The normalized spacial score (nSPS) is 22.0. The standard InChI is InChI=1S/C25H32N2O3/c1-17-6-4-5-7-22(17)25(30)10-12-26(13-11-25)16-24(29)20-8-9-23-21(15-20)14-18(2)27(23)19(3)28/h4-9,15,18,24,29-30H,10-14,16H2,1-3H3/t18-,24+/m1/s1. The first-order chi connectivity index (χ1) is 14.3. The number of carbonyl (C=O) groups is 1. The van der Waals surface area contributed by atoms with Gasteiger partial charge in [0.25, 0.3) is 0 Å². The summed E-state index contributed by atoms with van der Waals surface area (Å²) in [5, 5.41) is 22.0. The number of aliphatic hydroxyl groups excluding tert-OH is 1. The highest BCUT2D eigenvalue weighted by molar-refractivity contribution is 5.94. The molecule has 0 aromatic heterocycles. The van der Waals surface area contributed by atoms with E-state index in [-0.39, 0.29) is 11.9 Å². The highest BCUT2D eigenvalue weighted by atomic mass is 16.3. The Labute approximate surface area is 178 Å². The van der Waals surface area contributed by atoms with Crippen molar-refractivity contribution in [1.29, 1.82) is 0 Å². The van der Waals surface area contributed by atoms with E-state index in [0.29, 0.717) is 19.4 Å². The molecule has 0 radical (unpaired) electrons. The summed E-state index contributed by atoms with van der Waals surface area (Å²) in [5.41, 5.74) is 4.35. The van der Waals surface area contributed by atoms with E-state index in [1.165, 1.54) is 0 Å². The topological polar surface area (TPSA) is 64.0 Å². The lowest BCUT2D eigenvalue weighted by Crippen LogP contribution is -2.44. The fourth-order valence-electron chi connectivity index (χ4n) is 5.16. The first-order valence-corrected chi connectivity index (χ1v) is 10.9. The number of anilines is 1. The zero-order valence-corrected chi connectivity index (χ0v) is 18.1. The van der Waals surface area contributed by atoms with Crippen LogP contribution in [0.15, 0.2) is 42.5 Å². The zero-order chi connectivity index (χ0) is 21.5. The molecule has 1 fully saturated rings. The second kappa shape index (κ2) is 8.14. The van der Waals surface area contributed by atoms with E-state index < -0.39 is 11.7 Å². The Morgan fingerprint density at radius 1 is 1.20 bits per heavy atom. The lowest BCUT2D eigenvalue weighted by Gasteiger charge is -2.40. The number of amides is 1. The van der Waals surface area contributed by atoms with E-state index in [4.69, 9.17) is 0 Å². The number of fused-ring (bicyclic) bond motifs is 1. The third-order valence-electron chi connectivity index (χ3n) is 6.80. The van der Waals surface area contributed by atoms with Crippen molar-refractivity contribution in [3.05, 3.63) is 64.7 Å². The van der Waals surface area contributed by atoms with Gasteiger partial charge in [-0.05, 0) is 61.4 Å². The molecule has 0 unspecified atom stereocenters. The van der Waals surface area contributed by atoms with E-state index in [0.717, 1.165) is 47.5 Å². The van der Waals surface area contributed by atoms with Crippen LogP contribution in [-0.2, 0) is 16.8 Å². The highest BCUT2D eigenvalue weighted by Gasteiger charge is 2.35. The van der Waals surface area contributed by atoms with Gasteiger partial charge in [0.15, 0.2) is 0 Å². The van der Waals surface area contributed by atoms with Crippen LogP contribution in [0.25, 0.3) is 0 Å². The number of likely N-dealkylation sites (tertiary alicyclic amines) is 1. The number of piperidine rings is 1. The van der Waals surface area contributed by atoms with Crippen LogP contribution >= 0.6 is 0 Å².